The first-order chi connectivity index (χ1) is 11.7. The molecule has 3 N–H and O–H groups in total. The lowest BCUT2D eigenvalue weighted by molar-refractivity contribution is 0.324. The van der Waals surface area contributed by atoms with E-state index in [0.717, 1.165) is 30.9 Å². The van der Waals surface area contributed by atoms with Crippen LogP contribution in [0.2, 0.25) is 0 Å². The highest BCUT2D eigenvalue weighted by Crippen LogP contribution is 2.22. The number of rotatable bonds is 8. The van der Waals surface area contributed by atoms with Crippen molar-refractivity contribution >= 4 is 11.6 Å². The molecule has 0 radical (unpaired) electrons. The molecule has 2 aromatic carbocycles. The minimum atomic E-state index is 0.408. The fourth-order valence-corrected chi connectivity index (χ4v) is 2.44. The zero-order valence-corrected chi connectivity index (χ0v) is 14.4. The molecule has 0 amide bonds. The summed E-state index contributed by atoms with van der Waals surface area (Å²) in [6, 6.07) is 18.1. The normalized spacial score (nSPS) is 11.5. The second-order valence-corrected chi connectivity index (χ2v) is 5.67. The first kappa shape index (κ1) is 17.8. The average molecular weight is 326 g/mol. The lowest BCUT2D eigenvalue weighted by Gasteiger charge is -2.16. The van der Waals surface area contributed by atoms with E-state index in [1.807, 2.05) is 30.3 Å². The van der Waals surface area contributed by atoms with E-state index in [2.05, 4.69) is 46.5 Å². The second-order valence-electron chi connectivity index (χ2n) is 5.67. The topological polar surface area (TPSA) is 62.9 Å². The second kappa shape index (κ2) is 9.57. The Labute approximate surface area is 144 Å². The van der Waals surface area contributed by atoms with Gasteiger partial charge in [-0.05, 0) is 37.7 Å². The third-order valence-corrected chi connectivity index (χ3v) is 3.65. The van der Waals surface area contributed by atoms with Gasteiger partial charge >= 0.3 is 0 Å². The zero-order valence-electron chi connectivity index (χ0n) is 14.4. The third-order valence-electron chi connectivity index (χ3n) is 3.65. The molecule has 0 saturated carbocycles. The van der Waals surface area contributed by atoms with Gasteiger partial charge in [-0.2, -0.15) is 0 Å². The molecule has 2 rings (SSSR count). The van der Waals surface area contributed by atoms with E-state index in [1.54, 1.807) is 7.11 Å². The first-order valence-electron chi connectivity index (χ1n) is 8.11. The minimum absolute atomic E-state index is 0.408. The van der Waals surface area contributed by atoms with Crippen LogP contribution in [0.4, 0.5) is 5.69 Å². The van der Waals surface area contributed by atoms with E-state index in [-0.39, 0.29) is 0 Å². The number of hydrogen-bond acceptors (Lipinski definition) is 3. The maximum Gasteiger partial charge on any atom is 0.193 e. The quantitative estimate of drug-likeness (QED) is 0.445. The summed E-state index contributed by atoms with van der Waals surface area (Å²) in [7, 11) is 3.75. The molecular formula is C19H26N4O. The maximum atomic E-state index is 5.94. The monoisotopic (exact) mass is 326 g/mol. The van der Waals surface area contributed by atoms with Crippen LogP contribution in [0.25, 0.3) is 0 Å². The molecule has 0 heterocycles. The van der Waals surface area contributed by atoms with Gasteiger partial charge in [-0.15, -0.1) is 0 Å². The number of ether oxygens (including phenoxy) is 1. The van der Waals surface area contributed by atoms with Gasteiger partial charge in [-0.1, -0.05) is 42.5 Å². The van der Waals surface area contributed by atoms with Crippen LogP contribution in [-0.2, 0) is 6.54 Å². The molecule has 0 saturated heterocycles. The van der Waals surface area contributed by atoms with Gasteiger partial charge in [0.05, 0.1) is 12.8 Å². The molecule has 0 aliphatic heterocycles. The molecule has 0 aromatic heterocycles. The van der Waals surface area contributed by atoms with Crippen LogP contribution in [0.3, 0.4) is 0 Å². The predicted octanol–water partition coefficient (Wildman–Crippen LogP) is 2.94. The Morgan fingerprint density at radius 1 is 1.12 bits per heavy atom. The van der Waals surface area contributed by atoms with Gasteiger partial charge in [0.2, 0.25) is 0 Å². The predicted molar refractivity (Wildman–Crippen MR) is 100 cm³/mol. The Balaban J connectivity index is 1.73. The van der Waals surface area contributed by atoms with Crippen molar-refractivity contribution in [3.63, 3.8) is 0 Å². The van der Waals surface area contributed by atoms with Gasteiger partial charge < -0.3 is 20.7 Å². The van der Waals surface area contributed by atoms with Crippen molar-refractivity contribution in [1.82, 2.24) is 4.90 Å². The number of hydrogen-bond donors (Lipinski definition) is 2. The van der Waals surface area contributed by atoms with E-state index < -0.39 is 0 Å². The Kier molecular flexibility index (Phi) is 7.11. The molecular weight excluding hydrogens is 300 g/mol. The number of nitrogens with zero attached hydrogens (tertiary/aromatic N) is 2. The molecule has 0 aliphatic rings. The van der Waals surface area contributed by atoms with E-state index >= 15 is 0 Å². The number of anilines is 1. The first-order valence-corrected chi connectivity index (χ1v) is 8.11. The van der Waals surface area contributed by atoms with Crippen molar-refractivity contribution in [3.05, 3.63) is 60.2 Å². The summed E-state index contributed by atoms with van der Waals surface area (Å²) in [6.07, 6.45) is 0.956. The number of nitrogens with two attached hydrogens (primary N) is 1. The molecule has 2 aromatic rings. The van der Waals surface area contributed by atoms with Gasteiger partial charge in [0.15, 0.2) is 5.96 Å². The Morgan fingerprint density at radius 3 is 2.58 bits per heavy atom. The van der Waals surface area contributed by atoms with Crippen molar-refractivity contribution in [1.29, 1.82) is 0 Å². The number of benzene rings is 2. The number of guanidine groups is 1. The van der Waals surface area contributed by atoms with Gasteiger partial charge in [-0.3, -0.25) is 4.99 Å². The summed E-state index contributed by atoms with van der Waals surface area (Å²) in [6.45, 7) is 2.60. The lowest BCUT2D eigenvalue weighted by Crippen LogP contribution is -2.24. The largest absolute Gasteiger partial charge is 0.495 e. The minimum Gasteiger partial charge on any atom is -0.495 e. The molecule has 0 fully saturated rings. The fourth-order valence-electron chi connectivity index (χ4n) is 2.44. The molecule has 128 valence electrons. The number of methoxy groups -OCH3 is 1. The van der Waals surface area contributed by atoms with Crippen LogP contribution in [0, 0.1) is 0 Å². The third kappa shape index (κ3) is 5.93. The SMILES string of the molecule is COc1ccccc1NC(N)=NCCCN(C)Cc1ccccc1. The highest BCUT2D eigenvalue weighted by Gasteiger charge is 2.02. The molecule has 5 heteroatoms. The maximum absolute atomic E-state index is 5.94. The molecule has 0 aliphatic carbocycles. The molecule has 0 bridgehead atoms. The van der Waals surface area contributed by atoms with Crippen molar-refractivity contribution in [2.24, 2.45) is 10.7 Å². The summed E-state index contributed by atoms with van der Waals surface area (Å²) in [5.41, 5.74) is 8.08. The van der Waals surface area contributed by atoms with E-state index in [9.17, 15) is 0 Å². The van der Waals surface area contributed by atoms with Gasteiger partial charge in [0.25, 0.3) is 0 Å². The van der Waals surface area contributed by atoms with E-state index in [4.69, 9.17) is 10.5 Å². The smallest absolute Gasteiger partial charge is 0.193 e. The van der Waals surface area contributed by atoms with Crippen LogP contribution < -0.4 is 15.8 Å². The Bertz CT molecular complexity index is 643. The van der Waals surface area contributed by atoms with Crippen molar-refractivity contribution in [2.75, 3.05) is 32.6 Å². The van der Waals surface area contributed by atoms with E-state index in [1.165, 1.54) is 5.56 Å². The standard InChI is InChI=1S/C19H26N4O/c1-23(15-16-9-4-3-5-10-16)14-8-13-21-19(20)22-17-11-6-7-12-18(17)24-2/h3-7,9-12H,8,13-15H2,1-2H3,(H3,20,21,22). The highest BCUT2D eigenvalue weighted by atomic mass is 16.5. The highest BCUT2D eigenvalue weighted by molar-refractivity contribution is 5.93. The molecule has 5 nitrogen and oxygen atoms in total. The summed E-state index contributed by atoms with van der Waals surface area (Å²) < 4.78 is 5.28. The van der Waals surface area contributed by atoms with Crippen LogP contribution in [0.15, 0.2) is 59.6 Å². The average Bonchev–Trinajstić information content (AvgIpc) is 2.60. The van der Waals surface area contributed by atoms with Gasteiger partial charge in [0.1, 0.15) is 5.75 Å². The van der Waals surface area contributed by atoms with Crippen LogP contribution in [-0.4, -0.2) is 38.1 Å². The lowest BCUT2D eigenvalue weighted by atomic mass is 10.2. The summed E-state index contributed by atoms with van der Waals surface area (Å²) >= 11 is 0. The number of para-hydroxylation sites is 2. The summed E-state index contributed by atoms with van der Waals surface area (Å²) in [4.78, 5) is 6.66. The van der Waals surface area contributed by atoms with Gasteiger partial charge in [-0.25, -0.2) is 0 Å². The van der Waals surface area contributed by atoms with E-state index in [0.29, 0.717) is 12.5 Å². The molecule has 0 unspecified atom stereocenters. The van der Waals surface area contributed by atoms with Crippen LogP contribution >= 0.6 is 0 Å². The Hall–Kier alpha value is -2.53. The van der Waals surface area contributed by atoms with Crippen molar-refractivity contribution in [3.8, 4) is 5.75 Å². The number of nitrogens with one attached hydrogen (secondary N) is 1. The zero-order chi connectivity index (χ0) is 17.2. The summed E-state index contributed by atoms with van der Waals surface area (Å²) in [5, 5.41) is 3.08. The van der Waals surface area contributed by atoms with Crippen LogP contribution in [0.5, 0.6) is 5.75 Å². The Morgan fingerprint density at radius 2 is 1.83 bits per heavy atom. The fraction of sp³-hybridized carbons (Fsp3) is 0.316. The summed E-state index contributed by atoms with van der Waals surface area (Å²) in [5.74, 6) is 1.16. The van der Waals surface area contributed by atoms with Crippen molar-refractivity contribution in [2.45, 2.75) is 13.0 Å². The van der Waals surface area contributed by atoms with Gasteiger partial charge in [0, 0.05) is 13.1 Å². The molecule has 24 heavy (non-hydrogen) atoms. The molecule has 0 spiro atoms. The number of aliphatic imine (C=N–C) groups is 1. The molecule has 0 atom stereocenters. The van der Waals surface area contributed by atoms with Crippen molar-refractivity contribution < 1.29 is 4.74 Å². The van der Waals surface area contributed by atoms with Crippen LogP contribution in [0.1, 0.15) is 12.0 Å².